The molecule has 2 rings (SSSR count). The Labute approximate surface area is 111 Å². The van der Waals surface area contributed by atoms with E-state index in [2.05, 4.69) is 24.5 Å². The number of hydrogen-bond donors (Lipinski definition) is 2. The van der Waals surface area contributed by atoms with Crippen LogP contribution in [0.5, 0.6) is 0 Å². The Hall–Kier alpha value is -0.570. The van der Waals surface area contributed by atoms with Crippen LogP contribution in [0.3, 0.4) is 0 Å². The average Bonchev–Trinajstić information content (AvgIpc) is 2.99. The van der Waals surface area contributed by atoms with Crippen LogP contribution in [0.25, 0.3) is 0 Å². The third kappa shape index (κ3) is 3.71. The molecule has 2 aliphatic rings. The number of carbonyl (C=O) groups excluding carboxylic acids is 1. The van der Waals surface area contributed by atoms with Crippen molar-refractivity contribution >= 4 is 5.91 Å². The van der Waals surface area contributed by atoms with Crippen molar-refractivity contribution in [3.8, 4) is 0 Å². The second-order valence-electron chi connectivity index (χ2n) is 6.81. The molecule has 0 spiro atoms. The topological polar surface area (TPSA) is 41.1 Å². The van der Waals surface area contributed by atoms with E-state index < -0.39 is 0 Å². The quantitative estimate of drug-likeness (QED) is 0.788. The number of hydrogen-bond acceptors (Lipinski definition) is 2. The zero-order chi connectivity index (χ0) is 13.0. The molecule has 0 aromatic heterocycles. The predicted molar refractivity (Wildman–Crippen MR) is 74.3 cm³/mol. The predicted octanol–water partition coefficient (Wildman–Crippen LogP) is 2.32. The Morgan fingerprint density at radius 1 is 1.28 bits per heavy atom. The third-order valence-corrected chi connectivity index (χ3v) is 4.84. The van der Waals surface area contributed by atoms with Gasteiger partial charge in [-0.05, 0) is 49.6 Å². The molecule has 18 heavy (non-hydrogen) atoms. The summed E-state index contributed by atoms with van der Waals surface area (Å²) >= 11 is 0. The molecule has 3 heteroatoms. The Balaban J connectivity index is 1.70. The molecule has 0 bridgehead atoms. The van der Waals surface area contributed by atoms with Crippen molar-refractivity contribution < 1.29 is 4.79 Å². The van der Waals surface area contributed by atoms with E-state index in [1.807, 2.05) is 0 Å². The van der Waals surface area contributed by atoms with Crippen molar-refractivity contribution in [2.24, 2.45) is 17.3 Å². The summed E-state index contributed by atoms with van der Waals surface area (Å²) in [4.78, 5) is 11.9. The maximum Gasteiger partial charge on any atom is 0.220 e. The lowest BCUT2D eigenvalue weighted by Gasteiger charge is -2.32. The summed E-state index contributed by atoms with van der Waals surface area (Å²) in [5.41, 5.74) is 0.264. The van der Waals surface area contributed by atoms with Crippen molar-refractivity contribution in [1.29, 1.82) is 0 Å². The van der Waals surface area contributed by atoms with Gasteiger partial charge >= 0.3 is 0 Å². The van der Waals surface area contributed by atoms with Gasteiger partial charge in [0.15, 0.2) is 0 Å². The molecule has 1 amide bonds. The molecule has 1 saturated heterocycles. The molecule has 2 fully saturated rings. The van der Waals surface area contributed by atoms with E-state index in [1.54, 1.807) is 0 Å². The lowest BCUT2D eigenvalue weighted by atomic mass is 9.77. The molecule has 1 aliphatic heterocycles. The van der Waals surface area contributed by atoms with Crippen LogP contribution in [0, 0.1) is 17.3 Å². The zero-order valence-electron chi connectivity index (χ0n) is 11.9. The fourth-order valence-electron chi connectivity index (χ4n) is 3.40. The normalized spacial score (nSPS) is 25.6. The van der Waals surface area contributed by atoms with E-state index in [9.17, 15) is 4.79 Å². The Kier molecular flexibility index (Phi) is 4.66. The Bertz CT molecular complexity index is 276. The summed E-state index contributed by atoms with van der Waals surface area (Å²) in [7, 11) is 0. The SMILES string of the molecule is CC(C)(CNC(=O)CC1CCNC1)C1CCCC1. The maximum atomic E-state index is 11.9. The summed E-state index contributed by atoms with van der Waals surface area (Å²) < 4.78 is 0. The van der Waals surface area contributed by atoms with Crippen LogP contribution in [0.2, 0.25) is 0 Å². The molecule has 0 aromatic carbocycles. The van der Waals surface area contributed by atoms with E-state index in [4.69, 9.17) is 0 Å². The molecular weight excluding hydrogens is 224 g/mol. The van der Waals surface area contributed by atoms with Crippen LogP contribution in [-0.2, 0) is 4.79 Å². The second kappa shape index (κ2) is 6.05. The van der Waals surface area contributed by atoms with Gasteiger partial charge in [-0.15, -0.1) is 0 Å². The zero-order valence-corrected chi connectivity index (χ0v) is 11.9. The van der Waals surface area contributed by atoms with Gasteiger partial charge in [0.2, 0.25) is 5.91 Å². The second-order valence-corrected chi connectivity index (χ2v) is 6.81. The molecular formula is C15H28N2O. The van der Waals surface area contributed by atoms with Crippen LogP contribution in [0.15, 0.2) is 0 Å². The Morgan fingerprint density at radius 2 is 2.00 bits per heavy atom. The highest BCUT2D eigenvalue weighted by Gasteiger charge is 2.32. The largest absolute Gasteiger partial charge is 0.356 e. The molecule has 1 atom stereocenters. The summed E-state index contributed by atoms with van der Waals surface area (Å²) in [6.45, 7) is 7.54. The van der Waals surface area contributed by atoms with Gasteiger partial charge in [0.05, 0.1) is 0 Å². The van der Waals surface area contributed by atoms with Gasteiger partial charge in [-0.3, -0.25) is 4.79 Å². The first-order valence-corrected chi connectivity index (χ1v) is 7.55. The van der Waals surface area contributed by atoms with Gasteiger partial charge in [0, 0.05) is 13.0 Å². The molecule has 0 aromatic rings. The highest BCUT2D eigenvalue weighted by Crippen LogP contribution is 2.39. The first-order chi connectivity index (χ1) is 8.58. The highest BCUT2D eigenvalue weighted by molar-refractivity contribution is 5.76. The minimum atomic E-state index is 0.245. The van der Waals surface area contributed by atoms with Crippen LogP contribution >= 0.6 is 0 Å². The number of rotatable bonds is 5. The van der Waals surface area contributed by atoms with E-state index in [1.165, 1.54) is 25.7 Å². The van der Waals surface area contributed by atoms with E-state index >= 15 is 0 Å². The molecule has 1 heterocycles. The Morgan fingerprint density at radius 3 is 2.61 bits per heavy atom. The van der Waals surface area contributed by atoms with Crippen molar-refractivity contribution in [2.75, 3.05) is 19.6 Å². The first-order valence-electron chi connectivity index (χ1n) is 7.55. The first kappa shape index (κ1) is 13.9. The van der Waals surface area contributed by atoms with Crippen LogP contribution in [-0.4, -0.2) is 25.5 Å². The van der Waals surface area contributed by atoms with Gasteiger partial charge in [0.1, 0.15) is 0 Å². The van der Waals surface area contributed by atoms with Gasteiger partial charge in [-0.2, -0.15) is 0 Å². The molecule has 104 valence electrons. The lowest BCUT2D eigenvalue weighted by Crippen LogP contribution is -2.38. The number of nitrogens with one attached hydrogen (secondary N) is 2. The third-order valence-electron chi connectivity index (χ3n) is 4.84. The summed E-state index contributed by atoms with van der Waals surface area (Å²) in [6, 6.07) is 0. The molecule has 1 aliphatic carbocycles. The van der Waals surface area contributed by atoms with E-state index in [-0.39, 0.29) is 11.3 Å². The molecule has 0 radical (unpaired) electrons. The molecule has 2 N–H and O–H groups in total. The van der Waals surface area contributed by atoms with Crippen LogP contribution in [0.1, 0.15) is 52.4 Å². The number of carbonyl (C=O) groups is 1. The maximum absolute atomic E-state index is 11.9. The molecule has 1 saturated carbocycles. The molecule has 1 unspecified atom stereocenters. The van der Waals surface area contributed by atoms with Crippen LogP contribution < -0.4 is 10.6 Å². The molecule has 3 nitrogen and oxygen atoms in total. The van der Waals surface area contributed by atoms with Crippen molar-refractivity contribution in [3.63, 3.8) is 0 Å². The average molecular weight is 252 g/mol. The highest BCUT2D eigenvalue weighted by atomic mass is 16.1. The van der Waals surface area contributed by atoms with E-state index in [0.29, 0.717) is 12.3 Å². The number of amides is 1. The van der Waals surface area contributed by atoms with Crippen LogP contribution in [0.4, 0.5) is 0 Å². The fraction of sp³-hybridized carbons (Fsp3) is 0.933. The summed E-state index contributed by atoms with van der Waals surface area (Å²) in [5.74, 6) is 1.60. The monoisotopic (exact) mass is 252 g/mol. The van der Waals surface area contributed by atoms with Crippen molar-refractivity contribution in [1.82, 2.24) is 10.6 Å². The van der Waals surface area contributed by atoms with Crippen molar-refractivity contribution in [2.45, 2.75) is 52.4 Å². The standard InChI is InChI=1S/C15H28N2O/c1-15(2,13-5-3-4-6-13)11-17-14(18)9-12-7-8-16-10-12/h12-13,16H,3-11H2,1-2H3,(H,17,18). The van der Waals surface area contributed by atoms with Gasteiger partial charge in [-0.25, -0.2) is 0 Å². The summed E-state index contributed by atoms with van der Waals surface area (Å²) in [6.07, 6.45) is 7.28. The van der Waals surface area contributed by atoms with Gasteiger partial charge in [0.25, 0.3) is 0 Å². The van der Waals surface area contributed by atoms with Gasteiger partial charge in [-0.1, -0.05) is 26.7 Å². The van der Waals surface area contributed by atoms with E-state index in [0.717, 1.165) is 32.0 Å². The summed E-state index contributed by atoms with van der Waals surface area (Å²) in [5, 5.41) is 6.47. The smallest absolute Gasteiger partial charge is 0.220 e. The van der Waals surface area contributed by atoms with Crippen molar-refractivity contribution in [3.05, 3.63) is 0 Å². The van der Waals surface area contributed by atoms with Gasteiger partial charge < -0.3 is 10.6 Å². The minimum absolute atomic E-state index is 0.245. The lowest BCUT2D eigenvalue weighted by molar-refractivity contribution is -0.122. The fourth-order valence-corrected chi connectivity index (χ4v) is 3.40. The minimum Gasteiger partial charge on any atom is -0.356 e.